The largest absolute Gasteiger partial charge is 0.481 e. The van der Waals surface area contributed by atoms with Crippen molar-refractivity contribution in [2.24, 2.45) is 5.92 Å². The summed E-state index contributed by atoms with van der Waals surface area (Å²) in [6.07, 6.45) is -0.603. The fourth-order valence-electron chi connectivity index (χ4n) is 2.72. The summed E-state index contributed by atoms with van der Waals surface area (Å²) in [7, 11) is 0. The van der Waals surface area contributed by atoms with Crippen molar-refractivity contribution in [3.05, 3.63) is 59.7 Å². The molecule has 0 radical (unpaired) electrons. The Morgan fingerprint density at radius 2 is 1.68 bits per heavy atom. The lowest BCUT2D eigenvalue weighted by Crippen LogP contribution is -2.23. The van der Waals surface area contributed by atoms with Crippen molar-refractivity contribution in [2.75, 3.05) is 0 Å². The van der Waals surface area contributed by atoms with E-state index >= 15 is 0 Å². The first-order valence-corrected chi connectivity index (χ1v) is 9.03. The van der Waals surface area contributed by atoms with E-state index in [4.69, 9.17) is 14.6 Å². The van der Waals surface area contributed by atoms with Gasteiger partial charge in [0.2, 0.25) is 0 Å². The number of para-hydroxylation sites is 2. The fourth-order valence-corrected chi connectivity index (χ4v) is 3.90. The van der Waals surface area contributed by atoms with Crippen LogP contribution in [-0.2, 0) is 9.59 Å². The first kappa shape index (κ1) is 19.4. The van der Waals surface area contributed by atoms with E-state index in [2.05, 4.69) is 4.98 Å². The maximum Gasteiger partial charge on any atom is 0.335 e. The molecule has 8 nitrogen and oxygen atoms in total. The van der Waals surface area contributed by atoms with Crippen LogP contribution in [0.2, 0.25) is 0 Å². The Morgan fingerprint density at radius 3 is 2.25 bits per heavy atom. The van der Waals surface area contributed by atoms with Crippen molar-refractivity contribution in [1.82, 2.24) is 4.98 Å². The average molecular weight is 401 g/mol. The van der Waals surface area contributed by atoms with Gasteiger partial charge >= 0.3 is 17.9 Å². The van der Waals surface area contributed by atoms with Gasteiger partial charge in [-0.05, 0) is 29.8 Å². The number of nitrogens with zero attached hydrogens (tertiary/aromatic N) is 1. The molecule has 2 aromatic carbocycles. The number of aromatic nitrogens is 1. The smallest absolute Gasteiger partial charge is 0.335 e. The minimum Gasteiger partial charge on any atom is -0.481 e. The number of hydrogen-bond donors (Lipinski definition) is 3. The van der Waals surface area contributed by atoms with Gasteiger partial charge in [0.05, 0.1) is 23.2 Å². The van der Waals surface area contributed by atoms with Gasteiger partial charge in [-0.1, -0.05) is 36.0 Å². The van der Waals surface area contributed by atoms with E-state index in [0.717, 1.165) is 11.8 Å². The molecule has 144 valence electrons. The van der Waals surface area contributed by atoms with Crippen LogP contribution in [0.3, 0.4) is 0 Å². The number of benzene rings is 2. The summed E-state index contributed by atoms with van der Waals surface area (Å²) in [5.74, 6) is -4.92. The van der Waals surface area contributed by atoms with Gasteiger partial charge in [-0.3, -0.25) is 9.59 Å². The highest BCUT2D eigenvalue weighted by atomic mass is 32.2. The number of aliphatic carboxylic acids is 2. The zero-order valence-corrected chi connectivity index (χ0v) is 15.1. The highest BCUT2D eigenvalue weighted by molar-refractivity contribution is 7.99. The van der Waals surface area contributed by atoms with Crippen LogP contribution in [0.5, 0.6) is 0 Å². The number of carbonyl (C=O) groups is 3. The maximum atomic E-state index is 11.8. The number of carboxylic acids is 3. The van der Waals surface area contributed by atoms with Crippen LogP contribution in [0.4, 0.5) is 0 Å². The van der Waals surface area contributed by atoms with E-state index in [1.807, 2.05) is 0 Å². The summed E-state index contributed by atoms with van der Waals surface area (Å²) in [5, 5.41) is 27.1. The number of carboxylic acid groups (broad SMARTS) is 3. The average Bonchev–Trinajstić information content (AvgIpc) is 3.07. The van der Waals surface area contributed by atoms with Crippen molar-refractivity contribution in [2.45, 2.75) is 16.9 Å². The molecule has 3 aromatic rings. The predicted molar refractivity (Wildman–Crippen MR) is 99.4 cm³/mol. The molecule has 28 heavy (non-hydrogen) atoms. The highest BCUT2D eigenvalue weighted by Crippen LogP contribution is 2.42. The molecule has 0 fully saturated rings. The van der Waals surface area contributed by atoms with E-state index in [-0.39, 0.29) is 10.8 Å². The molecule has 0 aliphatic carbocycles. The molecular formula is C19H15NO7S. The van der Waals surface area contributed by atoms with Gasteiger partial charge in [-0.25, -0.2) is 9.78 Å². The zero-order valence-electron chi connectivity index (χ0n) is 14.3. The quantitative estimate of drug-likeness (QED) is 0.484. The Balaban J connectivity index is 2.00. The molecule has 3 rings (SSSR count). The second kappa shape index (κ2) is 8.13. The van der Waals surface area contributed by atoms with Gasteiger partial charge in [0.1, 0.15) is 5.52 Å². The van der Waals surface area contributed by atoms with Gasteiger partial charge in [0.15, 0.2) is 5.58 Å². The minimum atomic E-state index is -1.28. The monoisotopic (exact) mass is 401 g/mol. The topological polar surface area (TPSA) is 138 Å². The van der Waals surface area contributed by atoms with Gasteiger partial charge in [-0.2, -0.15) is 0 Å². The lowest BCUT2D eigenvalue weighted by Gasteiger charge is -2.21. The number of fused-ring (bicyclic) bond motifs is 1. The SMILES string of the molecule is O=C(O)CC(C(=O)O)C(Sc1nc2ccccc2o1)c1ccc(C(=O)O)cc1. The van der Waals surface area contributed by atoms with Crippen molar-refractivity contribution in [3.63, 3.8) is 0 Å². The predicted octanol–water partition coefficient (Wildman–Crippen LogP) is 3.53. The summed E-state index contributed by atoms with van der Waals surface area (Å²) >= 11 is 0.991. The molecule has 0 bridgehead atoms. The third kappa shape index (κ3) is 4.32. The maximum absolute atomic E-state index is 11.8. The second-order valence-electron chi connectivity index (χ2n) is 5.96. The molecule has 2 unspecified atom stereocenters. The molecule has 3 N–H and O–H groups in total. The van der Waals surface area contributed by atoms with Gasteiger partial charge in [0, 0.05) is 0 Å². The molecule has 9 heteroatoms. The first-order chi connectivity index (χ1) is 13.3. The third-order valence-electron chi connectivity index (χ3n) is 4.07. The molecule has 2 atom stereocenters. The molecule has 1 heterocycles. The number of thioether (sulfide) groups is 1. The van der Waals surface area contributed by atoms with E-state index in [1.54, 1.807) is 24.3 Å². The van der Waals surface area contributed by atoms with E-state index in [0.29, 0.717) is 16.7 Å². The second-order valence-corrected chi connectivity index (χ2v) is 7.05. The Hall–Kier alpha value is -3.33. The van der Waals surface area contributed by atoms with Gasteiger partial charge in [-0.15, -0.1) is 0 Å². The number of hydrogen-bond acceptors (Lipinski definition) is 6. The molecule has 0 aliphatic heterocycles. The zero-order chi connectivity index (χ0) is 20.3. The Morgan fingerprint density at radius 1 is 1.00 bits per heavy atom. The van der Waals surface area contributed by atoms with Gasteiger partial charge < -0.3 is 19.7 Å². The summed E-state index contributed by atoms with van der Waals surface area (Å²) in [6, 6.07) is 12.7. The molecule has 0 aliphatic rings. The van der Waals surface area contributed by atoms with E-state index in [1.165, 1.54) is 24.3 Å². The summed E-state index contributed by atoms with van der Waals surface area (Å²) in [5.41, 5.74) is 1.62. The Labute approximate surface area is 162 Å². The summed E-state index contributed by atoms with van der Waals surface area (Å²) in [4.78, 5) is 38.3. The third-order valence-corrected chi connectivity index (χ3v) is 5.30. The molecule has 0 saturated heterocycles. The van der Waals surface area contributed by atoms with Crippen molar-refractivity contribution in [1.29, 1.82) is 0 Å². The number of aromatic carboxylic acids is 1. The molecule has 0 spiro atoms. The number of rotatable bonds is 8. The lowest BCUT2D eigenvalue weighted by atomic mass is 9.95. The van der Waals surface area contributed by atoms with Crippen LogP contribution in [0.1, 0.15) is 27.6 Å². The standard InChI is InChI=1S/C19H15NO7S/c21-15(22)9-12(18(25)26)16(10-5-7-11(8-6-10)17(23)24)28-19-20-13-3-1-2-4-14(13)27-19/h1-8,12,16H,9H2,(H,21,22)(H,23,24)(H,25,26). The van der Waals surface area contributed by atoms with Crippen LogP contribution < -0.4 is 0 Å². The van der Waals surface area contributed by atoms with E-state index in [9.17, 15) is 19.5 Å². The van der Waals surface area contributed by atoms with Crippen LogP contribution >= 0.6 is 11.8 Å². The minimum absolute atomic E-state index is 0.0412. The van der Waals surface area contributed by atoms with E-state index < -0.39 is 35.5 Å². The Bertz CT molecular complexity index is 995. The first-order valence-electron chi connectivity index (χ1n) is 8.15. The summed E-state index contributed by atoms with van der Waals surface area (Å²) < 4.78 is 5.63. The normalized spacial score (nSPS) is 13.1. The molecule has 0 amide bonds. The van der Waals surface area contributed by atoms with Gasteiger partial charge in [0.25, 0.3) is 5.22 Å². The van der Waals surface area contributed by atoms with Crippen molar-refractivity contribution in [3.8, 4) is 0 Å². The Kier molecular flexibility index (Phi) is 5.65. The van der Waals surface area contributed by atoms with Crippen molar-refractivity contribution >= 4 is 40.8 Å². The number of oxazole rings is 1. The molecular weight excluding hydrogens is 386 g/mol. The molecule has 0 saturated carbocycles. The molecule has 1 aromatic heterocycles. The van der Waals surface area contributed by atoms with Crippen LogP contribution in [0.15, 0.2) is 58.2 Å². The summed E-state index contributed by atoms with van der Waals surface area (Å²) in [6.45, 7) is 0. The van der Waals surface area contributed by atoms with Crippen LogP contribution in [0, 0.1) is 5.92 Å². The van der Waals surface area contributed by atoms with Crippen LogP contribution in [-0.4, -0.2) is 38.2 Å². The van der Waals surface area contributed by atoms with Crippen molar-refractivity contribution < 1.29 is 34.1 Å². The van der Waals surface area contributed by atoms with Crippen LogP contribution in [0.25, 0.3) is 11.1 Å². The highest BCUT2D eigenvalue weighted by Gasteiger charge is 2.34. The fraction of sp³-hybridized carbons (Fsp3) is 0.158. The lowest BCUT2D eigenvalue weighted by molar-refractivity contribution is -0.148.